The molecule has 0 amide bonds. The van der Waals surface area contributed by atoms with Gasteiger partial charge in [-0.3, -0.25) is 15.0 Å². The molecular weight excluding hydrogens is 232 g/mol. The van der Waals surface area contributed by atoms with Gasteiger partial charge >= 0.3 is 0 Å². The van der Waals surface area contributed by atoms with E-state index in [0.29, 0.717) is 0 Å². The van der Waals surface area contributed by atoms with E-state index in [-0.39, 0.29) is 17.0 Å². The summed E-state index contributed by atoms with van der Waals surface area (Å²) in [5, 5.41) is 13.0. The van der Waals surface area contributed by atoms with Crippen LogP contribution in [-0.4, -0.2) is 28.2 Å². The zero-order chi connectivity index (χ0) is 13.3. The maximum absolute atomic E-state index is 11.3. The minimum atomic E-state index is -0.727. The molecule has 0 radical (unpaired) electrons. The van der Waals surface area contributed by atoms with Crippen LogP contribution < -0.4 is 0 Å². The summed E-state index contributed by atoms with van der Waals surface area (Å²) < 4.78 is 0. The van der Waals surface area contributed by atoms with Crippen LogP contribution in [0.5, 0.6) is 0 Å². The smallest absolute Gasteiger partial charge is 0.262 e. The van der Waals surface area contributed by atoms with E-state index in [4.69, 9.17) is 4.84 Å². The molecule has 5 nitrogen and oxygen atoms in total. The zero-order valence-electron chi connectivity index (χ0n) is 10.8. The first-order chi connectivity index (χ1) is 8.52. The van der Waals surface area contributed by atoms with Crippen molar-refractivity contribution in [3.8, 4) is 0 Å². The van der Waals surface area contributed by atoms with Crippen LogP contribution in [0.2, 0.25) is 0 Å². The molecule has 0 spiro atoms. The second-order valence-corrected chi connectivity index (χ2v) is 4.90. The van der Waals surface area contributed by atoms with Crippen molar-refractivity contribution in [1.29, 1.82) is 0 Å². The van der Waals surface area contributed by atoms with Crippen molar-refractivity contribution in [2.24, 2.45) is 0 Å². The molecule has 1 saturated heterocycles. The molecule has 0 bridgehead atoms. The highest BCUT2D eigenvalue weighted by atomic mass is 16.7. The van der Waals surface area contributed by atoms with Crippen LogP contribution in [0.3, 0.4) is 0 Å². The molecule has 0 N–H and O–H groups in total. The van der Waals surface area contributed by atoms with E-state index in [9.17, 15) is 10.1 Å². The fraction of sp³-hybridized carbons (Fsp3) is 0.538. The average Bonchev–Trinajstić information content (AvgIpc) is 2.68. The van der Waals surface area contributed by atoms with Crippen molar-refractivity contribution in [1.82, 2.24) is 5.06 Å². The van der Waals surface area contributed by atoms with Gasteiger partial charge in [-0.1, -0.05) is 30.3 Å². The van der Waals surface area contributed by atoms with E-state index in [1.54, 1.807) is 12.0 Å². The van der Waals surface area contributed by atoms with Gasteiger partial charge in [-0.05, 0) is 26.3 Å². The molecule has 0 aromatic heterocycles. The Morgan fingerprint density at radius 2 is 1.94 bits per heavy atom. The molecule has 0 unspecified atom stereocenters. The lowest BCUT2D eigenvalue weighted by molar-refractivity contribution is -0.529. The van der Waals surface area contributed by atoms with E-state index < -0.39 is 12.1 Å². The molecule has 3 atom stereocenters. The summed E-state index contributed by atoms with van der Waals surface area (Å²) in [6.07, 6.45) is -0.410. The van der Waals surface area contributed by atoms with E-state index in [2.05, 4.69) is 0 Å². The van der Waals surface area contributed by atoms with Gasteiger partial charge in [-0.25, -0.2) is 0 Å². The molecule has 5 heteroatoms. The summed E-state index contributed by atoms with van der Waals surface area (Å²) in [7, 11) is 0. The van der Waals surface area contributed by atoms with Crippen LogP contribution in [0, 0.1) is 10.1 Å². The molecule has 1 aliphatic heterocycles. The third kappa shape index (κ3) is 2.23. The zero-order valence-corrected chi connectivity index (χ0v) is 10.8. The Hall–Kier alpha value is -1.46. The fourth-order valence-corrected chi connectivity index (χ4v) is 2.45. The van der Waals surface area contributed by atoms with Crippen LogP contribution in [0.25, 0.3) is 0 Å². The van der Waals surface area contributed by atoms with Crippen LogP contribution in [0.4, 0.5) is 0 Å². The molecule has 1 aliphatic rings. The summed E-state index contributed by atoms with van der Waals surface area (Å²) in [4.78, 5) is 16.7. The van der Waals surface area contributed by atoms with E-state index >= 15 is 0 Å². The number of nitrogens with zero attached hydrogens (tertiary/aromatic N) is 2. The van der Waals surface area contributed by atoms with Crippen molar-refractivity contribution in [3.05, 3.63) is 46.0 Å². The molecule has 1 heterocycles. The minimum absolute atomic E-state index is 0.0996. The maximum atomic E-state index is 11.3. The monoisotopic (exact) mass is 250 g/mol. The van der Waals surface area contributed by atoms with Gasteiger partial charge in [0.2, 0.25) is 0 Å². The normalized spacial score (nSPS) is 28.8. The average molecular weight is 250 g/mol. The number of hydroxylamine groups is 2. The third-order valence-corrected chi connectivity index (χ3v) is 3.26. The van der Waals surface area contributed by atoms with Gasteiger partial charge in [0.15, 0.2) is 0 Å². The van der Waals surface area contributed by atoms with Crippen molar-refractivity contribution in [2.75, 3.05) is 0 Å². The number of hydrogen-bond acceptors (Lipinski definition) is 4. The predicted octanol–water partition coefficient (Wildman–Crippen LogP) is 2.42. The van der Waals surface area contributed by atoms with Crippen LogP contribution in [-0.2, 0) is 4.84 Å². The lowest BCUT2D eigenvalue weighted by atomic mass is 9.97. The van der Waals surface area contributed by atoms with Gasteiger partial charge in [-0.15, -0.1) is 0 Å². The van der Waals surface area contributed by atoms with Crippen LogP contribution in [0.1, 0.15) is 32.4 Å². The third-order valence-electron chi connectivity index (χ3n) is 3.26. The van der Waals surface area contributed by atoms with E-state index in [0.717, 1.165) is 5.56 Å². The van der Waals surface area contributed by atoms with Crippen molar-refractivity contribution in [3.63, 3.8) is 0 Å². The van der Waals surface area contributed by atoms with Crippen molar-refractivity contribution >= 4 is 0 Å². The summed E-state index contributed by atoms with van der Waals surface area (Å²) in [5.41, 5.74) is 0.928. The first-order valence-electron chi connectivity index (χ1n) is 6.16. The van der Waals surface area contributed by atoms with E-state index in [1.807, 2.05) is 44.2 Å². The Labute approximate surface area is 106 Å². The second-order valence-electron chi connectivity index (χ2n) is 4.90. The topological polar surface area (TPSA) is 55.6 Å². The lowest BCUT2D eigenvalue weighted by Gasteiger charge is -2.26. The van der Waals surface area contributed by atoms with Gasteiger partial charge in [0.1, 0.15) is 12.1 Å². The molecule has 18 heavy (non-hydrogen) atoms. The van der Waals surface area contributed by atoms with Gasteiger partial charge in [0.25, 0.3) is 6.04 Å². The fourth-order valence-electron chi connectivity index (χ4n) is 2.45. The molecule has 98 valence electrons. The van der Waals surface area contributed by atoms with Gasteiger partial charge in [-0.2, -0.15) is 5.06 Å². The second kappa shape index (κ2) is 5.04. The number of hydrogen-bond donors (Lipinski definition) is 0. The first kappa shape index (κ1) is 13.0. The van der Waals surface area contributed by atoms with Crippen molar-refractivity contribution in [2.45, 2.75) is 45.0 Å². The molecule has 0 aliphatic carbocycles. The number of rotatable bonds is 3. The summed E-state index contributed by atoms with van der Waals surface area (Å²) in [5.74, 6) is 0. The Bertz CT molecular complexity index is 422. The number of nitro groups is 1. The summed E-state index contributed by atoms with van der Waals surface area (Å²) in [6.45, 7) is 5.71. The summed E-state index contributed by atoms with van der Waals surface area (Å²) >= 11 is 0. The van der Waals surface area contributed by atoms with Gasteiger partial charge in [0, 0.05) is 11.0 Å². The SMILES string of the molecule is CC(C)N1O[C@@H](C)[C@H]([N+](=O)[O-])[C@H]1c1ccccc1. The molecule has 1 fully saturated rings. The predicted molar refractivity (Wildman–Crippen MR) is 67.5 cm³/mol. The lowest BCUT2D eigenvalue weighted by Crippen LogP contribution is -2.36. The Morgan fingerprint density at radius 3 is 2.44 bits per heavy atom. The highest BCUT2D eigenvalue weighted by molar-refractivity contribution is 5.21. The number of benzene rings is 1. The van der Waals surface area contributed by atoms with Gasteiger partial charge < -0.3 is 0 Å². The standard InChI is InChI=1S/C13H18N2O3/c1-9(2)14-13(11-7-5-4-6-8-11)12(15(16)17)10(3)18-14/h4-10,12-13H,1-3H3/t10-,12-,13+/m0/s1. The van der Waals surface area contributed by atoms with E-state index in [1.165, 1.54) is 0 Å². The Kier molecular flexibility index (Phi) is 3.63. The van der Waals surface area contributed by atoms with Crippen LogP contribution in [0.15, 0.2) is 30.3 Å². The van der Waals surface area contributed by atoms with Gasteiger partial charge in [0.05, 0.1) is 0 Å². The largest absolute Gasteiger partial charge is 0.288 e. The molecule has 0 saturated carbocycles. The molecule has 1 aromatic rings. The van der Waals surface area contributed by atoms with Crippen molar-refractivity contribution < 1.29 is 9.76 Å². The molecule has 2 rings (SSSR count). The summed E-state index contributed by atoms with van der Waals surface area (Å²) in [6, 6.07) is 8.58. The molecular formula is C13H18N2O3. The first-order valence-corrected chi connectivity index (χ1v) is 6.16. The maximum Gasteiger partial charge on any atom is 0.262 e. The van der Waals surface area contributed by atoms with Crippen LogP contribution >= 0.6 is 0 Å². The highest BCUT2D eigenvalue weighted by Crippen LogP contribution is 2.37. The Balaban J connectivity index is 2.39. The highest BCUT2D eigenvalue weighted by Gasteiger charge is 2.50. The minimum Gasteiger partial charge on any atom is -0.288 e. The molecule has 1 aromatic carbocycles. The Morgan fingerprint density at radius 1 is 1.33 bits per heavy atom. The quantitative estimate of drug-likeness (QED) is 0.610.